The Morgan fingerprint density at radius 2 is 2.25 bits per heavy atom. The molecule has 0 aliphatic rings. The smallest absolute Gasteiger partial charge is 0.123 e. The second kappa shape index (κ2) is 4.01. The zero-order valence-electron chi connectivity index (χ0n) is 6.85. The number of hydrogen-bond acceptors (Lipinski definition) is 1. The Hall–Kier alpha value is -0.410. The van der Waals surface area contributed by atoms with Gasteiger partial charge in [-0.3, -0.25) is 0 Å². The Labute approximate surface area is 79.9 Å². The van der Waals surface area contributed by atoms with E-state index >= 15 is 0 Å². The van der Waals surface area contributed by atoms with Gasteiger partial charge >= 0.3 is 0 Å². The van der Waals surface area contributed by atoms with Gasteiger partial charge < -0.3 is 5.73 Å². The number of rotatable bonds is 2. The van der Waals surface area contributed by atoms with E-state index in [9.17, 15) is 4.39 Å². The largest absolute Gasteiger partial charge is 0.328 e. The molecule has 0 bridgehead atoms. The molecule has 0 aliphatic carbocycles. The Morgan fingerprint density at radius 1 is 1.58 bits per heavy atom. The van der Waals surface area contributed by atoms with Crippen LogP contribution in [0.4, 0.5) is 4.39 Å². The fraction of sp³-hybridized carbons (Fsp3) is 0.333. The average molecular weight is 232 g/mol. The van der Waals surface area contributed by atoms with E-state index in [1.54, 1.807) is 6.07 Å². The molecule has 0 aromatic heterocycles. The monoisotopic (exact) mass is 231 g/mol. The fourth-order valence-corrected chi connectivity index (χ4v) is 1.46. The van der Waals surface area contributed by atoms with Crippen molar-refractivity contribution in [2.75, 3.05) is 0 Å². The lowest BCUT2D eigenvalue weighted by Crippen LogP contribution is -2.18. The number of hydrogen-bond donors (Lipinski definition) is 1. The van der Waals surface area contributed by atoms with Gasteiger partial charge in [0.1, 0.15) is 5.82 Å². The summed E-state index contributed by atoms with van der Waals surface area (Å²) in [5.74, 6) is -0.214. The standard InChI is InChI=1S/C9H11BrFN/c1-6(12)4-7-5-8(11)2-3-9(7)10/h2-3,5-6H,4,12H2,1H3. The molecule has 1 rings (SSSR count). The fourth-order valence-electron chi connectivity index (χ4n) is 1.05. The quantitative estimate of drug-likeness (QED) is 0.832. The molecule has 0 radical (unpaired) electrons. The van der Waals surface area contributed by atoms with Gasteiger partial charge in [0.15, 0.2) is 0 Å². The molecule has 0 amide bonds. The van der Waals surface area contributed by atoms with Gasteiger partial charge in [0.25, 0.3) is 0 Å². The van der Waals surface area contributed by atoms with Gasteiger partial charge in [0.05, 0.1) is 0 Å². The molecule has 0 spiro atoms. The maximum absolute atomic E-state index is 12.7. The summed E-state index contributed by atoms with van der Waals surface area (Å²) in [6, 6.07) is 4.69. The zero-order valence-corrected chi connectivity index (χ0v) is 8.44. The van der Waals surface area contributed by atoms with Gasteiger partial charge in [-0.1, -0.05) is 15.9 Å². The average Bonchev–Trinajstić information content (AvgIpc) is 1.96. The van der Waals surface area contributed by atoms with E-state index in [1.165, 1.54) is 12.1 Å². The highest BCUT2D eigenvalue weighted by Crippen LogP contribution is 2.18. The highest BCUT2D eigenvalue weighted by Gasteiger charge is 2.03. The van der Waals surface area contributed by atoms with Crippen LogP contribution in [-0.2, 0) is 6.42 Å². The highest BCUT2D eigenvalue weighted by molar-refractivity contribution is 9.10. The van der Waals surface area contributed by atoms with E-state index in [0.29, 0.717) is 6.42 Å². The minimum atomic E-state index is -0.214. The van der Waals surface area contributed by atoms with Crippen molar-refractivity contribution in [1.82, 2.24) is 0 Å². The second-order valence-electron chi connectivity index (χ2n) is 2.92. The zero-order chi connectivity index (χ0) is 9.14. The Kier molecular flexibility index (Phi) is 3.23. The predicted octanol–water partition coefficient (Wildman–Crippen LogP) is 2.48. The third-order valence-corrected chi connectivity index (χ3v) is 2.32. The first kappa shape index (κ1) is 9.68. The van der Waals surface area contributed by atoms with Crippen molar-refractivity contribution in [3.8, 4) is 0 Å². The van der Waals surface area contributed by atoms with Crippen molar-refractivity contribution in [2.24, 2.45) is 5.73 Å². The molecule has 0 saturated carbocycles. The molecule has 0 aliphatic heterocycles. The summed E-state index contributed by atoms with van der Waals surface area (Å²) in [7, 11) is 0. The lowest BCUT2D eigenvalue weighted by molar-refractivity contribution is 0.622. The summed E-state index contributed by atoms with van der Waals surface area (Å²) < 4.78 is 13.7. The van der Waals surface area contributed by atoms with Gasteiger partial charge in [0, 0.05) is 10.5 Å². The Morgan fingerprint density at radius 3 is 2.83 bits per heavy atom. The third-order valence-electron chi connectivity index (χ3n) is 1.55. The van der Waals surface area contributed by atoms with Gasteiger partial charge in [-0.05, 0) is 37.1 Å². The summed E-state index contributed by atoms with van der Waals surface area (Å²) in [5.41, 5.74) is 6.52. The van der Waals surface area contributed by atoms with E-state index in [0.717, 1.165) is 10.0 Å². The van der Waals surface area contributed by atoms with Crippen LogP contribution in [0, 0.1) is 5.82 Å². The molecule has 0 heterocycles. The molecule has 0 fully saturated rings. The van der Waals surface area contributed by atoms with Crippen LogP contribution < -0.4 is 5.73 Å². The van der Waals surface area contributed by atoms with Crippen LogP contribution >= 0.6 is 15.9 Å². The summed E-state index contributed by atoms with van der Waals surface area (Å²) in [5, 5.41) is 0. The van der Waals surface area contributed by atoms with Crippen LogP contribution in [0.25, 0.3) is 0 Å². The summed E-state index contributed by atoms with van der Waals surface area (Å²) in [6.45, 7) is 1.90. The topological polar surface area (TPSA) is 26.0 Å². The van der Waals surface area contributed by atoms with Crippen molar-refractivity contribution in [3.05, 3.63) is 34.1 Å². The highest BCUT2D eigenvalue weighted by atomic mass is 79.9. The van der Waals surface area contributed by atoms with E-state index in [-0.39, 0.29) is 11.9 Å². The first-order valence-electron chi connectivity index (χ1n) is 3.79. The maximum Gasteiger partial charge on any atom is 0.123 e. The van der Waals surface area contributed by atoms with Gasteiger partial charge in [-0.25, -0.2) is 4.39 Å². The molecule has 1 unspecified atom stereocenters. The Bertz CT molecular complexity index is 273. The number of halogens is 2. The van der Waals surface area contributed by atoms with Crippen molar-refractivity contribution in [1.29, 1.82) is 0 Å². The third kappa shape index (κ3) is 2.57. The van der Waals surface area contributed by atoms with Crippen LogP contribution in [0.1, 0.15) is 12.5 Å². The minimum Gasteiger partial charge on any atom is -0.328 e. The van der Waals surface area contributed by atoms with Gasteiger partial charge in [-0.15, -0.1) is 0 Å². The van der Waals surface area contributed by atoms with E-state index < -0.39 is 0 Å². The molecular formula is C9H11BrFN. The maximum atomic E-state index is 12.7. The lowest BCUT2D eigenvalue weighted by Gasteiger charge is -2.06. The molecule has 1 nitrogen and oxygen atoms in total. The molecular weight excluding hydrogens is 221 g/mol. The van der Waals surface area contributed by atoms with E-state index in [2.05, 4.69) is 15.9 Å². The lowest BCUT2D eigenvalue weighted by atomic mass is 10.1. The number of benzene rings is 1. The van der Waals surface area contributed by atoms with Crippen LogP contribution in [-0.4, -0.2) is 6.04 Å². The van der Waals surface area contributed by atoms with Crippen molar-refractivity contribution in [3.63, 3.8) is 0 Å². The SMILES string of the molecule is CC(N)Cc1cc(F)ccc1Br. The Balaban J connectivity index is 2.90. The molecule has 1 aromatic carbocycles. The summed E-state index contributed by atoms with van der Waals surface area (Å²) in [6.07, 6.45) is 0.693. The first-order chi connectivity index (χ1) is 5.59. The van der Waals surface area contributed by atoms with Crippen molar-refractivity contribution < 1.29 is 4.39 Å². The molecule has 0 saturated heterocycles. The first-order valence-corrected chi connectivity index (χ1v) is 4.58. The van der Waals surface area contributed by atoms with E-state index in [1.807, 2.05) is 6.92 Å². The predicted molar refractivity (Wildman–Crippen MR) is 51.5 cm³/mol. The summed E-state index contributed by atoms with van der Waals surface area (Å²) >= 11 is 3.34. The molecule has 66 valence electrons. The van der Waals surface area contributed by atoms with Crippen LogP contribution in [0.5, 0.6) is 0 Å². The van der Waals surface area contributed by atoms with Gasteiger partial charge in [0.2, 0.25) is 0 Å². The normalized spacial score (nSPS) is 13.0. The van der Waals surface area contributed by atoms with Crippen LogP contribution in [0.2, 0.25) is 0 Å². The molecule has 1 aromatic rings. The van der Waals surface area contributed by atoms with Gasteiger partial charge in [-0.2, -0.15) is 0 Å². The van der Waals surface area contributed by atoms with Crippen LogP contribution in [0.3, 0.4) is 0 Å². The molecule has 3 heteroatoms. The molecule has 12 heavy (non-hydrogen) atoms. The number of nitrogens with two attached hydrogens (primary N) is 1. The summed E-state index contributed by atoms with van der Waals surface area (Å²) in [4.78, 5) is 0. The van der Waals surface area contributed by atoms with Crippen molar-refractivity contribution in [2.45, 2.75) is 19.4 Å². The molecule has 2 N–H and O–H groups in total. The molecule has 1 atom stereocenters. The second-order valence-corrected chi connectivity index (χ2v) is 3.77. The van der Waals surface area contributed by atoms with Crippen molar-refractivity contribution >= 4 is 15.9 Å². The van der Waals surface area contributed by atoms with E-state index in [4.69, 9.17) is 5.73 Å². The van der Waals surface area contributed by atoms with Crippen LogP contribution in [0.15, 0.2) is 22.7 Å². The minimum absolute atomic E-state index is 0.0584.